The van der Waals surface area contributed by atoms with Crippen molar-refractivity contribution in [3.63, 3.8) is 0 Å². The molecule has 0 aromatic heterocycles. The van der Waals surface area contributed by atoms with Crippen LogP contribution in [0.25, 0.3) is 0 Å². The summed E-state index contributed by atoms with van der Waals surface area (Å²) in [6.45, 7) is 0. The van der Waals surface area contributed by atoms with E-state index in [1.165, 1.54) is 12.1 Å². The minimum absolute atomic E-state index is 0.129. The van der Waals surface area contributed by atoms with Crippen LogP contribution in [0.3, 0.4) is 0 Å². The van der Waals surface area contributed by atoms with Gasteiger partial charge in [0.1, 0.15) is 0 Å². The van der Waals surface area contributed by atoms with E-state index in [0.717, 1.165) is 24.1 Å². The number of rotatable bonds is 6. The number of hydrogen-bond donors (Lipinski definition) is 1. The van der Waals surface area contributed by atoms with Crippen LogP contribution in [-0.2, 0) is 14.6 Å². The highest BCUT2D eigenvalue weighted by molar-refractivity contribution is 7.99. The zero-order chi connectivity index (χ0) is 14.6. The zero-order valence-electron chi connectivity index (χ0n) is 9.90. The molecule has 9 heteroatoms. The van der Waals surface area contributed by atoms with E-state index >= 15 is 0 Å². The number of nitro groups is 1. The fraction of sp³-hybridized carbons (Fsp3) is 0.300. The van der Waals surface area contributed by atoms with Gasteiger partial charge in [-0.2, -0.15) is 0 Å². The molecule has 1 aromatic rings. The van der Waals surface area contributed by atoms with Gasteiger partial charge in [-0.25, -0.2) is 8.42 Å². The summed E-state index contributed by atoms with van der Waals surface area (Å²) in [6.07, 6.45) is 0.832. The maximum Gasteiger partial charge on any atom is 0.304 e. The normalized spacial score (nSPS) is 11.2. The van der Waals surface area contributed by atoms with Crippen LogP contribution >= 0.6 is 11.8 Å². The van der Waals surface area contributed by atoms with Crippen molar-refractivity contribution in [2.75, 3.05) is 12.0 Å². The summed E-state index contributed by atoms with van der Waals surface area (Å²) < 4.78 is 22.6. The molecule has 0 radical (unpaired) electrons. The fourth-order valence-electron chi connectivity index (χ4n) is 1.24. The van der Waals surface area contributed by atoms with Gasteiger partial charge >= 0.3 is 5.97 Å². The van der Waals surface area contributed by atoms with Crippen LogP contribution in [0.2, 0.25) is 0 Å². The number of sulfone groups is 1. The van der Waals surface area contributed by atoms with Gasteiger partial charge in [0, 0.05) is 18.1 Å². The Bertz CT molecular complexity index is 610. The van der Waals surface area contributed by atoms with E-state index < -0.39 is 20.7 Å². The molecule has 0 aliphatic heterocycles. The van der Waals surface area contributed by atoms with Crippen LogP contribution in [0, 0.1) is 10.1 Å². The van der Waals surface area contributed by atoms with Gasteiger partial charge in [0.05, 0.1) is 21.1 Å². The van der Waals surface area contributed by atoms with Crippen LogP contribution in [0.5, 0.6) is 0 Å². The summed E-state index contributed by atoms with van der Waals surface area (Å²) in [4.78, 5) is 20.7. The summed E-state index contributed by atoms with van der Waals surface area (Å²) in [5.74, 6) is -0.822. The lowest BCUT2D eigenvalue weighted by molar-refractivity contribution is -0.388. The predicted molar refractivity (Wildman–Crippen MR) is 69.2 cm³/mol. The predicted octanol–water partition coefficient (Wildman–Crippen LogP) is 1.57. The van der Waals surface area contributed by atoms with Crippen LogP contribution in [-0.4, -0.2) is 36.4 Å². The summed E-state index contributed by atoms with van der Waals surface area (Å²) in [7, 11) is -3.52. The number of carbonyl (C=O) groups is 1. The smallest absolute Gasteiger partial charge is 0.304 e. The molecule has 0 aliphatic rings. The third-order valence-corrected chi connectivity index (χ3v) is 4.30. The summed E-state index contributed by atoms with van der Waals surface area (Å²) in [5.41, 5.74) is -0.335. The number of nitro benzene ring substituents is 1. The highest BCUT2D eigenvalue weighted by Gasteiger charge is 2.19. The standard InChI is InChI=1S/C10H11NO6S2/c1-19(16,17)7-2-3-9(8(6-7)11(14)15)18-5-4-10(12)13/h2-3,6H,4-5H2,1H3,(H,12,13). The lowest BCUT2D eigenvalue weighted by Gasteiger charge is -2.04. The van der Waals surface area contributed by atoms with Crippen LogP contribution in [0.1, 0.15) is 6.42 Å². The molecule has 1 aromatic carbocycles. The third kappa shape index (κ3) is 4.52. The Kier molecular flexibility index (Phi) is 4.90. The van der Waals surface area contributed by atoms with Crippen molar-refractivity contribution >= 4 is 33.3 Å². The molecule has 0 aliphatic carbocycles. The van der Waals surface area contributed by atoms with E-state index in [-0.39, 0.29) is 27.7 Å². The highest BCUT2D eigenvalue weighted by Crippen LogP contribution is 2.31. The van der Waals surface area contributed by atoms with Crippen molar-refractivity contribution in [1.29, 1.82) is 0 Å². The van der Waals surface area contributed by atoms with E-state index in [4.69, 9.17) is 5.11 Å². The molecular formula is C10H11NO6S2. The molecule has 0 atom stereocenters. The van der Waals surface area contributed by atoms with Gasteiger partial charge in [-0.05, 0) is 12.1 Å². The first-order chi connectivity index (χ1) is 8.71. The molecule has 7 nitrogen and oxygen atoms in total. The van der Waals surface area contributed by atoms with Gasteiger partial charge in [-0.3, -0.25) is 14.9 Å². The number of nitrogens with zero attached hydrogens (tertiary/aromatic N) is 1. The first kappa shape index (κ1) is 15.4. The van der Waals surface area contributed by atoms with E-state index in [1.54, 1.807) is 0 Å². The van der Waals surface area contributed by atoms with E-state index in [2.05, 4.69) is 0 Å². The Labute approximate surface area is 113 Å². The maximum absolute atomic E-state index is 11.3. The molecule has 0 saturated heterocycles. The molecule has 0 amide bonds. The van der Waals surface area contributed by atoms with Gasteiger partial charge in [0.2, 0.25) is 0 Å². The topological polar surface area (TPSA) is 115 Å². The number of carboxylic acid groups (broad SMARTS) is 1. The van der Waals surface area contributed by atoms with E-state index in [0.29, 0.717) is 0 Å². The van der Waals surface area contributed by atoms with Gasteiger partial charge in [0.15, 0.2) is 9.84 Å². The van der Waals surface area contributed by atoms with Crippen molar-refractivity contribution in [1.82, 2.24) is 0 Å². The van der Waals surface area contributed by atoms with Crippen molar-refractivity contribution in [2.45, 2.75) is 16.2 Å². The second-order valence-corrected chi connectivity index (χ2v) is 6.80. The van der Waals surface area contributed by atoms with Gasteiger partial charge in [-0.15, -0.1) is 11.8 Å². The monoisotopic (exact) mass is 305 g/mol. The molecule has 0 unspecified atom stereocenters. The number of thioether (sulfide) groups is 1. The molecule has 0 saturated carbocycles. The first-order valence-corrected chi connectivity index (χ1v) is 7.92. The Morgan fingerprint density at radius 3 is 2.58 bits per heavy atom. The summed E-state index contributed by atoms with van der Waals surface area (Å²) in [6, 6.07) is 3.57. The quantitative estimate of drug-likeness (QED) is 0.482. The van der Waals surface area contributed by atoms with Crippen molar-refractivity contribution in [2.24, 2.45) is 0 Å². The molecule has 0 fully saturated rings. The average molecular weight is 305 g/mol. The average Bonchev–Trinajstić information content (AvgIpc) is 2.27. The van der Waals surface area contributed by atoms with Gasteiger partial charge in [0.25, 0.3) is 5.69 Å². The minimum atomic E-state index is -3.52. The number of hydrogen-bond acceptors (Lipinski definition) is 6. The highest BCUT2D eigenvalue weighted by atomic mass is 32.2. The number of carboxylic acids is 1. The Hall–Kier alpha value is -1.61. The SMILES string of the molecule is CS(=O)(=O)c1ccc(SCCC(=O)O)c([N+](=O)[O-])c1. The second-order valence-electron chi connectivity index (χ2n) is 3.65. The van der Waals surface area contributed by atoms with Crippen LogP contribution in [0.4, 0.5) is 5.69 Å². The molecule has 1 N–H and O–H groups in total. The summed E-state index contributed by atoms with van der Waals surface area (Å²) in [5, 5.41) is 19.4. The molecule has 1 rings (SSSR count). The van der Waals surface area contributed by atoms with Gasteiger partial charge < -0.3 is 5.11 Å². The van der Waals surface area contributed by atoms with E-state index in [1.807, 2.05) is 0 Å². The minimum Gasteiger partial charge on any atom is -0.481 e. The van der Waals surface area contributed by atoms with Gasteiger partial charge in [-0.1, -0.05) is 0 Å². The molecule has 0 bridgehead atoms. The number of benzene rings is 1. The van der Waals surface area contributed by atoms with Crippen molar-refractivity contribution < 1.29 is 23.2 Å². The molecule has 0 spiro atoms. The lowest BCUT2D eigenvalue weighted by atomic mass is 10.3. The third-order valence-electron chi connectivity index (χ3n) is 2.13. The first-order valence-electron chi connectivity index (χ1n) is 5.05. The van der Waals surface area contributed by atoms with Crippen LogP contribution in [0.15, 0.2) is 28.0 Å². The van der Waals surface area contributed by atoms with Crippen molar-refractivity contribution in [3.05, 3.63) is 28.3 Å². The Morgan fingerprint density at radius 2 is 2.11 bits per heavy atom. The largest absolute Gasteiger partial charge is 0.481 e. The van der Waals surface area contributed by atoms with E-state index in [9.17, 15) is 23.3 Å². The maximum atomic E-state index is 11.3. The molecule has 0 heterocycles. The van der Waals surface area contributed by atoms with Crippen LogP contribution < -0.4 is 0 Å². The second kappa shape index (κ2) is 6.02. The van der Waals surface area contributed by atoms with Crippen molar-refractivity contribution in [3.8, 4) is 0 Å². The lowest BCUT2D eigenvalue weighted by Crippen LogP contribution is -2.00. The molecule has 19 heavy (non-hydrogen) atoms. The Balaban J connectivity index is 3.06. The Morgan fingerprint density at radius 1 is 1.47 bits per heavy atom. The zero-order valence-corrected chi connectivity index (χ0v) is 11.5. The number of aliphatic carboxylic acids is 1. The summed E-state index contributed by atoms with van der Waals surface area (Å²) >= 11 is 1.01. The fourth-order valence-corrected chi connectivity index (χ4v) is 2.82. The molecule has 104 valence electrons. The molecular weight excluding hydrogens is 294 g/mol.